The molecule has 0 unspecified atom stereocenters. The number of nitrogens with zero attached hydrogens (tertiary/aromatic N) is 2. The Kier molecular flexibility index (Phi) is 5.95. The second-order valence-electron chi connectivity index (χ2n) is 10.3. The van der Waals surface area contributed by atoms with Gasteiger partial charge in [-0.05, 0) is 107 Å². The van der Waals surface area contributed by atoms with Gasteiger partial charge in [-0.25, -0.2) is 0 Å². The highest BCUT2D eigenvalue weighted by Crippen LogP contribution is 2.47. The van der Waals surface area contributed by atoms with Gasteiger partial charge in [0.2, 0.25) is 0 Å². The minimum atomic E-state index is 1.17. The lowest BCUT2D eigenvalue weighted by atomic mass is 9.89. The average Bonchev–Trinajstić information content (AvgIpc) is 3.67. The molecule has 0 N–H and O–H groups in total. The van der Waals surface area contributed by atoms with E-state index in [1.54, 1.807) is 0 Å². The van der Waals surface area contributed by atoms with Crippen molar-refractivity contribution in [2.24, 2.45) is 0 Å². The first-order valence-corrected chi connectivity index (χ1v) is 15.2. The van der Waals surface area contributed by atoms with Crippen molar-refractivity contribution in [1.29, 1.82) is 0 Å². The van der Waals surface area contributed by atoms with Gasteiger partial charge in [-0.15, -0.1) is 22.7 Å². The number of hydrogen-bond acceptors (Lipinski definition) is 4. The van der Waals surface area contributed by atoms with Crippen molar-refractivity contribution in [2.75, 3.05) is 36.0 Å². The molecule has 0 bridgehead atoms. The zero-order valence-corrected chi connectivity index (χ0v) is 22.3. The molecule has 36 heavy (non-hydrogen) atoms. The molecule has 0 saturated carbocycles. The van der Waals surface area contributed by atoms with Gasteiger partial charge in [-0.1, -0.05) is 24.3 Å². The molecule has 2 fully saturated rings. The zero-order valence-electron chi connectivity index (χ0n) is 20.7. The van der Waals surface area contributed by atoms with E-state index in [1.807, 2.05) is 22.7 Å². The van der Waals surface area contributed by atoms with Crippen LogP contribution in [0, 0.1) is 0 Å². The van der Waals surface area contributed by atoms with Gasteiger partial charge in [0.15, 0.2) is 0 Å². The Balaban J connectivity index is 1.54. The Morgan fingerprint density at radius 2 is 0.917 bits per heavy atom. The van der Waals surface area contributed by atoms with Gasteiger partial charge in [0.05, 0.1) is 0 Å². The molecule has 5 aromatic rings. The third-order valence-electron chi connectivity index (χ3n) is 8.06. The maximum atomic E-state index is 2.59. The summed E-state index contributed by atoms with van der Waals surface area (Å²) in [6.45, 7) is 4.68. The summed E-state index contributed by atoms with van der Waals surface area (Å²) in [5.41, 5.74) is 5.56. The second-order valence-corrected chi connectivity index (χ2v) is 12.2. The molecule has 7 rings (SSSR count). The summed E-state index contributed by atoms with van der Waals surface area (Å²) in [5.74, 6) is 0. The van der Waals surface area contributed by atoms with Gasteiger partial charge in [0, 0.05) is 58.4 Å². The van der Waals surface area contributed by atoms with Crippen molar-refractivity contribution in [2.45, 2.75) is 38.5 Å². The van der Waals surface area contributed by atoms with Gasteiger partial charge in [-0.2, -0.15) is 0 Å². The highest BCUT2D eigenvalue weighted by atomic mass is 32.1. The molecule has 4 heteroatoms. The molecule has 2 nitrogen and oxygen atoms in total. The molecule has 0 spiro atoms. The van der Waals surface area contributed by atoms with Crippen molar-refractivity contribution in [1.82, 2.24) is 0 Å². The summed E-state index contributed by atoms with van der Waals surface area (Å²) in [5, 5.41) is 9.98. The van der Waals surface area contributed by atoms with Crippen LogP contribution in [0.4, 0.5) is 11.4 Å². The number of thiophene rings is 2. The van der Waals surface area contributed by atoms with Crippen LogP contribution in [0.5, 0.6) is 0 Å². The minimum absolute atomic E-state index is 1.17. The van der Waals surface area contributed by atoms with Crippen LogP contribution in [0.15, 0.2) is 71.4 Å². The molecule has 3 aromatic carbocycles. The average molecular weight is 509 g/mol. The molecular formula is C32H32N2S2. The van der Waals surface area contributed by atoms with E-state index in [0.29, 0.717) is 0 Å². The van der Waals surface area contributed by atoms with E-state index < -0.39 is 0 Å². The van der Waals surface area contributed by atoms with Crippen LogP contribution < -0.4 is 9.80 Å². The summed E-state index contributed by atoms with van der Waals surface area (Å²) < 4.78 is 0. The molecule has 0 amide bonds. The highest BCUT2D eigenvalue weighted by molar-refractivity contribution is 7.14. The van der Waals surface area contributed by atoms with Crippen LogP contribution >= 0.6 is 22.7 Å². The maximum absolute atomic E-state index is 2.59. The molecule has 0 atom stereocenters. The Morgan fingerprint density at radius 3 is 1.31 bits per heavy atom. The number of hydrogen-bond donors (Lipinski definition) is 0. The van der Waals surface area contributed by atoms with E-state index in [-0.39, 0.29) is 0 Å². The highest BCUT2D eigenvalue weighted by Gasteiger charge is 2.21. The zero-order chi connectivity index (χ0) is 23.9. The molecule has 2 aliphatic rings. The van der Waals surface area contributed by atoms with Crippen LogP contribution in [0.2, 0.25) is 0 Å². The summed E-state index contributed by atoms with van der Waals surface area (Å²) >= 11 is 3.72. The van der Waals surface area contributed by atoms with Crippen molar-refractivity contribution in [3.8, 4) is 20.9 Å². The van der Waals surface area contributed by atoms with Crippen LogP contribution in [-0.4, -0.2) is 26.2 Å². The van der Waals surface area contributed by atoms with Gasteiger partial charge < -0.3 is 9.80 Å². The van der Waals surface area contributed by atoms with Crippen molar-refractivity contribution < 1.29 is 0 Å². The van der Waals surface area contributed by atoms with Crippen molar-refractivity contribution in [3.05, 3.63) is 71.4 Å². The Labute approximate surface area is 221 Å². The quantitative estimate of drug-likeness (QED) is 0.223. The van der Waals surface area contributed by atoms with E-state index in [9.17, 15) is 0 Å². The standard InChI is InChI=1S/C32H32N2S2/c1-3-15-33(16-4-1)23-11-13-25-27(21-23)31(29-9-7-19-35-29)26-14-12-24(34-17-5-2-6-18-34)22-28(26)32(25)30-10-8-20-36-30/h7-14,19-22H,1-6,15-18H2. The molecule has 2 aliphatic heterocycles. The lowest BCUT2D eigenvalue weighted by Crippen LogP contribution is -2.29. The number of rotatable bonds is 4. The van der Waals surface area contributed by atoms with Crippen LogP contribution in [0.3, 0.4) is 0 Å². The fourth-order valence-corrected chi connectivity index (χ4v) is 7.87. The Morgan fingerprint density at radius 1 is 0.472 bits per heavy atom. The molecule has 0 aliphatic carbocycles. The monoisotopic (exact) mass is 508 g/mol. The molecule has 2 aromatic heterocycles. The minimum Gasteiger partial charge on any atom is -0.372 e. The SMILES string of the molecule is c1csc(-c2c3ccc(N4CCCCC4)cc3c(-c3cccs3)c3ccc(N4CCCCC4)cc23)c1. The van der Waals surface area contributed by atoms with Crippen LogP contribution in [0.25, 0.3) is 42.4 Å². The molecule has 4 heterocycles. The summed E-state index contributed by atoms with van der Waals surface area (Å²) in [7, 11) is 0. The first-order chi connectivity index (χ1) is 17.9. The lowest BCUT2D eigenvalue weighted by Gasteiger charge is -2.30. The maximum Gasteiger partial charge on any atom is 0.0372 e. The first-order valence-electron chi connectivity index (χ1n) is 13.5. The Hall–Kier alpha value is -2.82. The third kappa shape index (κ3) is 3.91. The molecular weight excluding hydrogens is 477 g/mol. The van der Waals surface area contributed by atoms with Crippen LogP contribution in [0.1, 0.15) is 38.5 Å². The normalized spacial score (nSPS) is 16.8. The topological polar surface area (TPSA) is 6.48 Å². The summed E-state index contributed by atoms with van der Waals surface area (Å²) in [4.78, 5) is 7.92. The van der Waals surface area contributed by atoms with E-state index in [1.165, 1.54) is 119 Å². The second kappa shape index (κ2) is 9.57. The first kappa shape index (κ1) is 22.4. The van der Waals surface area contributed by atoms with Crippen molar-refractivity contribution in [3.63, 3.8) is 0 Å². The van der Waals surface area contributed by atoms with Crippen LogP contribution in [-0.2, 0) is 0 Å². The largest absolute Gasteiger partial charge is 0.372 e. The van der Waals surface area contributed by atoms with Crippen molar-refractivity contribution >= 4 is 55.6 Å². The number of piperidine rings is 2. The number of anilines is 2. The molecule has 0 radical (unpaired) electrons. The van der Waals surface area contributed by atoms with E-state index in [4.69, 9.17) is 0 Å². The fraction of sp³-hybridized carbons (Fsp3) is 0.312. The Bertz CT molecular complexity index is 1370. The van der Waals surface area contributed by atoms with Gasteiger partial charge >= 0.3 is 0 Å². The molecule has 182 valence electrons. The van der Waals surface area contributed by atoms with E-state index >= 15 is 0 Å². The molecule has 2 saturated heterocycles. The smallest absolute Gasteiger partial charge is 0.0372 e. The predicted octanol–water partition coefficient (Wildman–Crippen LogP) is 9.43. The van der Waals surface area contributed by atoms with Gasteiger partial charge in [0.1, 0.15) is 0 Å². The predicted molar refractivity (Wildman–Crippen MR) is 160 cm³/mol. The van der Waals surface area contributed by atoms with E-state index in [0.717, 1.165) is 0 Å². The van der Waals surface area contributed by atoms with Gasteiger partial charge in [-0.3, -0.25) is 0 Å². The van der Waals surface area contributed by atoms with E-state index in [2.05, 4.69) is 81.2 Å². The number of fused-ring (bicyclic) bond motifs is 2. The summed E-state index contributed by atoms with van der Waals surface area (Å²) in [6.07, 6.45) is 7.91. The summed E-state index contributed by atoms with van der Waals surface area (Å²) in [6, 6.07) is 23.6. The van der Waals surface area contributed by atoms with Gasteiger partial charge in [0.25, 0.3) is 0 Å². The fourth-order valence-electron chi connectivity index (χ4n) is 6.27. The third-order valence-corrected chi connectivity index (χ3v) is 9.84. The lowest BCUT2D eigenvalue weighted by molar-refractivity contribution is 0.578. The number of benzene rings is 3.